The summed E-state index contributed by atoms with van der Waals surface area (Å²) in [6.07, 6.45) is 3.43. The first-order valence-electron chi connectivity index (χ1n) is 8.93. The molecule has 1 atom stereocenters. The van der Waals surface area contributed by atoms with Gasteiger partial charge in [-0.3, -0.25) is 4.79 Å². The van der Waals surface area contributed by atoms with Gasteiger partial charge in [-0.05, 0) is 56.7 Å². The highest BCUT2D eigenvalue weighted by Gasteiger charge is 2.37. The number of amides is 1. The van der Waals surface area contributed by atoms with E-state index < -0.39 is 10.0 Å². The van der Waals surface area contributed by atoms with Gasteiger partial charge in [-0.25, -0.2) is 8.42 Å². The average Bonchev–Trinajstić information content (AvgIpc) is 3.47. The van der Waals surface area contributed by atoms with Crippen molar-refractivity contribution < 1.29 is 13.2 Å². The molecule has 5 nitrogen and oxygen atoms in total. The maximum Gasteiger partial charge on any atom is 0.244 e. The van der Waals surface area contributed by atoms with E-state index in [0.29, 0.717) is 36.9 Å². The number of sulfonamides is 1. The summed E-state index contributed by atoms with van der Waals surface area (Å²) >= 11 is 12.0. The molecule has 1 unspecified atom stereocenters. The zero-order chi connectivity index (χ0) is 19.1. The largest absolute Gasteiger partial charge is 0.343 e. The highest BCUT2D eigenvalue weighted by atomic mass is 35.5. The van der Waals surface area contributed by atoms with Crippen LogP contribution in [0, 0.1) is 11.8 Å². The minimum atomic E-state index is -3.71. The third-order valence-corrected chi connectivity index (χ3v) is 8.19. The van der Waals surface area contributed by atoms with Crippen LogP contribution >= 0.6 is 23.2 Å². The van der Waals surface area contributed by atoms with E-state index in [1.807, 2.05) is 11.9 Å². The number of hydrogen-bond acceptors (Lipinski definition) is 3. The lowest BCUT2D eigenvalue weighted by atomic mass is 9.96. The van der Waals surface area contributed by atoms with E-state index in [1.54, 1.807) is 6.07 Å². The van der Waals surface area contributed by atoms with Crippen molar-refractivity contribution >= 4 is 39.1 Å². The minimum Gasteiger partial charge on any atom is -0.343 e. The van der Waals surface area contributed by atoms with Crippen LogP contribution in [-0.4, -0.2) is 49.7 Å². The Kier molecular flexibility index (Phi) is 5.87. The lowest BCUT2D eigenvalue weighted by molar-refractivity contribution is -0.137. The third-order valence-electron chi connectivity index (χ3n) is 5.58. The van der Waals surface area contributed by atoms with E-state index in [4.69, 9.17) is 23.2 Å². The zero-order valence-corrected chi connectivity index (χ0v) is 17.3. The van der Waals surface area contributed by atoms with Crippen molar-refractivity contribution in [1.82, 2.24) is 9.21 Å². The van der Waals surface area contributed by atoms with Crippen LogP contribution < -0.4 is 0 Å². The van der Waals surface area contributed by atoms with Gasteiger partial charge in [0.05, 0.1) is 5.02 Å². The molecule has 0 radical (unpaired) electrons. The second-order valence-corrected chi connectivity index (χ2v) is 10.0. The fraction of sp³-hybridized carbons (Fsp3) is 0.611. The van der Waals surface area contributed by atoms with Gasteiger partial charge in [0.1, 0.15) is 4.90 Å². The van der Waals surface area contributed by atoms with Gasteiger partial charge in [0.15, 0.2) is 0 Å². The normalized spacial score (nSPS) is 20.8. The molecular weight excluding hydrogens is 395 g/mol. The van der Waals surface area contributed by atoms with Gasteiger partial charge in [-0.2, -0.15) is 4.31 Å². The SMILES string of the molecule is CC(C1CC1)N(C)C(=O)C1CCN(S(=O)(=O)c2cc(Cl)ccc2Cl)CC1. The van der Waals surface area contributed by atoms with Crippen LogP contribution in [0.5, 0.6) is 0 Å². The van der Waals surface area contributed by atoms with Crippen LogP contribution in [0.3, 0.4) is 0 Å². The van der Waals surface area contributed by atoms with Gasteiger partial charge in [0, 0.05) is 37.1 Å². The summed E-state index contributed by atoms with van der Waals surface area (Å²) in [6, 6.07) is 4.68. The Hall–Kier alpha value is -0.820. The fourth-order valence-electron chi connectivity index (χ4n) is 3.54. The van der Waals surface area contributed by atoms with Crippen LogP contribution in [0.25, 0.3) is 0 Å². The molecule has 8 heteroatoms. The zero-order valence-electron chi connectivity index (χ0n) is 15.0. The molecule has 2 fully saturated rings. The van der Waals surface area contributed by atoms with Gasteiger partial charge >= 0.3 is 0 Å². The summed E-state index contributed by atoms with van der Waals surface area (Å²) in [5.74, 6) is 0.624. The number of carbonyl (C=O) groups excluding carboxylic acids is 1. The minimum absolute atomic E-state index is 0.0240. The summed E-state index contributed by atoms with van der Waals surface area (Å²) in [7, 11) is -1.85. The highest BCUT2D eigenvalue weighted by molar-refractivity contribution is 7.89. The van der Waals surface area contributed by atoms with Crippen LogP contribution in [0.15, 0.2) is 23.1 Å². The second-order valence-electron chi connectivity index (χ2n) is 7.28. The van der Waals surface area contributed by atoms with Gasteiger partial charge in [0.2, 0.25) is 15.9 Å². The molecule has 3 rings (SSSR count). The molecule has 26 heavy (non-hydrogen) atoms. The summed E-state index contributed by atoms with van der Waals surface area (Å²) in [5, 5.41) is 0.485. The average molecular weight is 419 g/mol. The van der Waals surface area contributed by atoms with Crippen molar-refractivity contribution in [1.29, 1.82) is 0 Å². The summed E-state index contributed by atoms with van der Waals surface area (Å²) in [5.41, 5.74) is 0. The van der Waals surface area contributed by atoms with Crippen LogP contribution in [0.4, 0.5) is 0 Å². The van der Waals surface area contributed by atoms with E-state index in [2.05, 4.69) is 6.92 Å². The second kappa shape index (κ2) is 7.66. The Bertz CT molecular complexity index is 788. The molecule has 1 aromatic carbocycles. The molecular formula is C18H24Cl2N2O3S. The van der Waals surface area contributed by atoms with E-state index >= 15 is 0 Å². The van der Waals surface area contributed by atoms with Crippen LogP contribution in [-0.2, 0) is 14.8 Å². The molecule has 1 saturated carbocycles. The van der Waals surface area contributed by atoms with Crippen molar-refractivity contribution in [2.24, 2.45) is 11.8 Å². The third kappa shape index (κ3) is 4.03. The monoisotopic (exact) mass is 418 g/mol. The topological polar surface area (TPSA) is 57.7 Å². The molecule has 0 N–H and O–H groups in total. The molecule has 2 aliphatic rings. The number of halogens is 2. The Balaban J connectivity index is 1.66. The lowest BCUT2D eigenvalue weighted by Gasteiger charge is -2.34. The Morgan fingerprint density at radius 1 is 1.19 bits per heavy atom. The summed E-state index contributed by atoms with van der Waals surface area (Å²) in [4.78, 5) is 14.6. The number of nitrogens with zero attached hydrogens (tertiary/aromatic N) is 2. The lowest BCUT2D eigenvalue weighted by Crippen LogP contribution is -2.46. The number of carbonyl (C=O) groups is 1. The highest BCUT2D eigenvalue weighted by Crippen LogP contribution is 2.36. The fourth-order valence-corrected chi connectivity index (χ4v) is 5.75. The Morgan fingerprint density at radius 2 is 1.81 bits per heavy atom. The van der Waals surface area contributed by atoms with Crippen molar-refractivity contribution in [3.05, 3.63) is 28.2 Å². The van der Waals surface area contributed by atoms with Gasteiger partial charge in [-0.1, -0.05) is 23.2 Å². The summed E-state index contributed by atoms with van der Waals surface area (Å²) in [6.45, 7) is 2.72. The number of rotatable bonds is 5. The van der Waals surface area contributed by atoms with Crippen LogP contribution in [0.2, 0.25) is 10.0 Å². The van der Waals surface area contributed by atoms with Crippen molar-refractivity contribution in [2.45, 2.75) is 43.5 Å². The molecule has 1 aromatic rings. The predicted octanol–water partition coefficient (Wildman–Crippen LogP) is 3.65. The first-order chi connectivity index (χ1) is 12.2. The van der Waals surface area contributed by atoms with Gasteiger partial charge in [0.25, 0.3) is 0 Å². The predicted molar refractivity (Wildman–Crippen MR) is 103 cm³/mol. The molecule has 144 valence electrons. The summed E-state index contributed by atoms with van der Waals surface area (Å²) < 4.78 is 27.1. The molecule has 1 amide bonds. The Labute approximate surface area is 165 Å². The van der Waals surface area contributed by atoms with Crippen LogP contribution in [0.1, 0.15) is 32.6 Å². The van der Waals surface area contributed by atoms with Gasteiger partial charge < -0.3 is 4.90 Å². The maximum absolute atomic E-state index is 12.9. The van der Waals surface area contributed by atoms with Crippen molar-refractivity contribution in [2.75, 3.05) is 20.1 Å². The van der Waals surface area contributed by atoms with Crippen molar-refractivity contribution in [3.63, 3.8) is 0 Å². The molecule has 1 saturated heterocycles. The van der Waals surface area contributed by atoms with E-state index in [0.717, 1.165) is 0 Å². The van der Waals surface area contributed by atoms with Crippen molar-refractivity contribution in [3.8, 4) is 0 Å². The molecule has 1 aliphatic heterocycles. The standard InChI is InChI=1S/C18H24Cl2N2O3S/c1-12(13-3-4-13)21(2)18(23)14-7-9-22(10-8-14)26(24,25)17-11-15(19)5-6-16(17)20/h5-6,11-14H,3-4,7-10H2,1-2H3. The number of benzene rings is 1. The molecule has 0 bridgehead atoms. The quantitative estimate of drug-likeness (QED) is 0.732. The van der Waals surface area contributed by atoms with E-state index in [-0.39, 0.29) is 27.8 Å². The molecule has 0 aromatic heterocycles. The number of piperidine rings is 1. The molecule has 1 heterocycles. The van der Waals surface area contributed by atoms with E-state index in [1.165, 1.54) is 29.3 Å². The van der Waals surface area contributed by atoms with Gasteiger partial charge in [-0.15, -0.1) is 0 Å². The smallest absolute Gasteiger partial charge is 0.244 e. The van der Waals surface area contributed by atoms with E-state index in [9.17, 15) is 13.2 Å². The Morgan fingerprint density at radius 3 is 2.38 bits per heavy atom. The maximum atomic E-state index is 12.9. The molecule has 0 spiro atoms. The molecule has 1 aliphatic carbocycles. The first-order valence-corrected chi connectivity index (χ1v) is 11.1. The number of hydrogen-bond donors (Lipinski definition) is 0. The first kappa shape index (κ1) is 19.9.